The molecule has 0 saturated heterocycles. The summed E-state index contributed by atoms with van der Waals surface area (Å²) in [6.07, 6.45) is 0. The van der Waals surface area contributed by atoms with Gasteiger partial charge >= 0.3 is 5.97 Å². The van der Waals surface area contributed by atoms with Crippen LogP contribution in [-0.4, -0.2) is 26.5 Å². The minimum atomic E-state index is -4.12. The Kier molecular flexibility index (Phi) is 6.45. The predicted molar refractivity (Wildman–Crippen MR) is 123 cm³/mol. The standard InChI is InChI=1S/C22H21BrClNO4S/c1-22(2,3)29-21(26)14-25(20-10-6-8-15-7-4-5-9-19(15)20)30(27,28)18-12-16(23)11-17(24)13-18/h4-13H,14H2,1-3H3. The van der Waals surface area contributed by atoms with Crippen molar-refractivity contribution in [2.45, 2.75) is 31.3 Å². The normalized spacial score (nSPS) is 12.0. The molecule has 0 saturated carbocycles. The number of hydrogen-bond acceptors (Lipinski definition) is 4. The summed E-state index contributed by atoms with van der Waals surface area (Å²) in [5, 5.41) is 1.82. The fourth-order valence-corrected chi connectivity index (χ4v) is 5.60. The summed E-state index contributed by atoms with van der Waals surface area (Å²) in [4.78, 5) is 12.6. The van der Waals surface area contributed by atoms with E-state index in [0.717, 1.165) is 9.69 Å². The van der Waals surface area contributed by atoms with Gasteiger partial charge in [-0.2, -0.15) is 0 Å². The van der Waals surface area contributed by atoms with E-state index in [2.05, 4.69) is 15.9 Å². The highest BCUT2D eigenvalue weighted by atomic mass is 79.9. The van der Waals surface area contributed by atoms with E-state index in [0.29, 0.717) is 15.5 Å². The molecule has 0 spiro atoms. The van der Waals surface area contributed by atoms with Crippen LogP contribution in [0.1, 0.15) is 20.8 Å². The summed E-state index contributed by atoms with van der Waals surface area (Å²) in [6.45, 7) is 4.72. The molecule has 3 rings (SSSR count). The van der Waals surface area contributed by atoms with Gasteiger partial charge in [0.05, 0.1) is 10.6 Å². The van der Waals surface area contributed by atoms with Gasteiger partial charge in [-0.3, -0.25) is 9.10 Å². The smallest absolute Gasteiger partial charge is 0.327 e. The quantitative estimate of drug-likeness (QED) is 0.407. The Balaban J connectivity index is 2.17. The fraction of sp³-hybridized carbons (Fsp3) is 0.227. The van der Waals surface area contributed by atoms with Crippen molar-refractivity contribution < 1.29 is 17.9 Å². The molecule has 0 unspecified atom stereocenters. The van der Waals surface area contributed by atoms with Crippen molar-refractivity contribution in [3.8, 4) is 0 Å². The van der Waals surface area contributed by atoms with Crippen molar-refractivity contribution in [3.05, 3.63) is 70.2 Å². The Morgan fingerprint density at radius 1 is 1.07 bits per heavy atom. The number of fused-ring (bicyclic) bond motifs is 1. The van der Waals surface area contributed by atoms with Gasteiger partial charge in [0.1, 0.15) is 12.1 Å². The zero-order chi connectivity index (χ0) is 22.1. The monoisotopic (exact) mass is 509 g/mol. The van der Waals surface area contributed by atoms with Gasteiger partial charge in [0.25, 0.3) is 10.0 Å². The van der Waals surface area contributed by atoms with E-state index in [9.17, 15) is 13.2 Å². The number of hydrogen-bond donors (Lipinski definition) is 0. The lowest BCUT2D eigenvalue weighted by Gasteiger charge is -2.27. The summed E-state index contributed by atoms with van der Waals surface area (Å²) in [5.41, 5.74) is -0.361. The summed E-state index contributed by atoms with van der Waals surface area (Å²) >= 11 is 9.37. The van der Waals surface area contributed by atoms with Crippen LogP contribution in [0.15, 0.2) is 70.0 Å². The molecule has 158 valence electrons. The molecule has 5 nitrogen and oxygen atoms in total. The van der Waals surface area contributed by atoms with Gasteiger partial charge < -0.3 is 4.74 Å². The highest BCUT2D eigenvalue weighted by Crippen LogP contribution is 2.33. The van der Waals surface area contributed by atoms with Gasteiger partial charge in [0.2, 0.25) is 0 Å². The van der Waals surface area contributed by atoms with Gasteiger partial charge in [0, 0.05) is 14.9 Å². The second-order valence-electron chi connectivity index (χ2n) is 7.70. The number of halogens is 2. The number of anilines is 1. The maximum atomic E-state index is 13.6. The summed E-state index contributed by atoms with van der Waals surface area (Å²) < 4.78 is 34.2. The van der Waals surface area contributed by atoms with Crippen LogP contribution in [0.25, 0.3) is 10.8 Å². The largest absolute Gasteiger partial charge is 0.459 e. The molecule has 0 heterocycles. The number of carbonyl (C=O) groups excluding carboxylic acids is 1. The Bertz CT molecular complexity index is 1180. The number of ether oxygens (including phenoxy) is 1. The minimum Gasteiger partial charge on any atom is -0.459 e. The molecule has 3 aromatic rings. The maximum Gasteiger partial charge on any atom is 0.327 e. The summed E-state index contributed by atoms with van der Waals surface area (Å²) in [5.74, 6) is -0.653. The van der Waals surface area contributed by atoms with Crippen LogP contribution in [0.2, 0.25) is 5.02 Å². The molecule has 0 fully saturated rings. The van der Waals surface area contributed by atoms with E-state index >= 15 is 0 Å². The number of rotatable bonds is 5. The number of nitrogens with zero attached hydrogens (tertiary/aromatic N) is 1. The van der Waals surface area contributed by atoms with Gasteiger partial charge in [-0.15, -0.1) is 0 Å². The lowest BCUT2D eigenvalue weighted by atomic mass is 10.1. The van der Waals surface area contributed by atoms with Crippen LogP contribution in [0.4, 0.5) is 5.69 Å². The van der Waals surface area contributed by atoms with Gasteiger partial charge in [-0.05, 0) is 50.4 Å². The van der Waals surface area contributed by atoms with Crippen LogP contribution >= 0.6 is 27.5 Å². The molecular formula is C22H21BrClNO4S. The Hall–Kier alpha value is -2.09. The van der Waals surface area contributed by atoms with Crippen molar-refractivity contribution in [2.24, 2.45) is 0 Å². The molecule has 0 radical (unpaired) electrons. The molecular weight excluding hydrogens is 490 g/mol. The molecule has 0 aliphatic rings. The van der Waals surface area contributed by atoms with E-state index in [4.69, 9.17) is 16.3 Å². The van der Waals surface area contributed by atoms with E-state index in [1.54, 1.807) is 39.0 Å². The third-order valence-electron chi connectivity index (χ3n) is 4.15. The highest BCUT2D eigenvalue weighted by molar-refractivity contribution is 9.10. The van der Waals surface area contributed by atoms with Crippen LogP contribution in [-0.2, 0) is 19.6 Å². The second-order valence-corrected chi connectivity index (χ2v) is 10.9. The second kappa shape index (κ2) is 8.57. The Morgan fingerprint density at radius 3 is 2.40 bits per heavy atom. The molecule has 0 N–H and O–H groups in total. The van der Waals surface area contributed by atoms with E-state index < -0.39 is 28.1 Å². The zero-order valence-electron chi connectivity index (χ0n) is 16.7. The molecule has 0 aliphatic heterocycles. The Labute approximate surface area is 189 Å². The molecule has 0 bridgehead atoms. The molecule has 0 atom stereocenters. The van der Waals surface area contributed by atoms with Crippen molar-refractivity contribution in [2.75, 3.05) is 10.8 Å². The first-order valence-corrected chi connectivity index (χ1v) is 11.8. The first-order chi connectivity index (χ1) is 14.0. The minimum absolute atomic E-state index is 0.0293. The number of carbonyl (C=O) groups is 1. The molecule has 0 aliphatic carbocycles. The Morgan fingerprint density at radius 2 is 1.73 bits per heavy atom. The van der Waals surface area contributed by atoms with Gasteiger partial charge in [0.15, 0.2) is 0 Å². The molecule has 0 amide bonds. The predicted octanol–water partition coefficient (Wildman–Crippen LogP) is 5.79. The lowest BCUT2D eigenvalue weighted by Crippen LogP contribution is -2.39. The third-order valence-corrected chi connectivity index (χ3v) is 6.57. The van der Waals surface area contributed by atoms with Gasteiger partial charge in [-0.1, -0.05) is 63.9 Å². The average Bonchev–Trinajstić information content (AvgIpc) is 2.63. The van der Waals surface area contributed by atoms with E-state index in [1.807, 2.05) is 30.3 Å². The van der Waals surface area contributed by atoms with E-state index in [-0.39, 0.29) is 9.92 Å². The van der Waals surface area contributed by atoms with Crippen LogP contribution in [0, 0.1) is 0 Å². The van der Waals surface area contributed by atoms with Gasteiger partial charge in [-0.25, -0.2) is 8.42 Å². The maximum absolute atomic E-state index is 13.6. The first-order valence-electron chi connectivity index (χ1n) is 9.16. The molecule has 30 heavy (non-hydrogen) atoms. The van der Waals surface area contributed by atoms with Crippen molar-refractivity contribution in [1.82, 2.24) is 0 Å². The zero-order valence-corrected chi connectivity index (χ0v) is 19.9. The van der Waals surface area contributed by atoms with Crippen LogP contribution in [0.5, 0.6) is 0 Å². The SMILES string of the molecule is CC(C)(C)OC(=O)CN(c1cccc2ccccc12)S(=O)(=O)c1cc(Cl)cc(Br)c1. The van der Waals surface area contributed by atoms with E-state index in [1.165, 1.54) is 12.1 Å². The lowest BCUT2D eigenvalue weighted by molar-refractivity contribution is -0.152. The van der Waals surface area contributed by atoms with Crippen molar-refractivity contribution in [3.63, 3.8) is 0 Å². The van der Waals surface area contributed by atoms with Crippen molar-refractivity contribution in [1.29, 1.82) is 0 Å². The molecule has 8 heteroatoms. The average molecular weight is 511 g/mol. The van der Waals surface area contributed by atoms with Crippen LogP contribution in [0.3, 0.4) is 0 Å². The van der Waals surface area contributed by atoms with Crippen LogP contribution < -0.4 is 4.31 Å². The highest BCUT2D eigenvalue weighted by Gasteiger charge is 2.30. The first kappa shape index (κ1) is 22.6. The molecule has 3 aromatic carbocycles. The molecule has 0 aromatic heterocycles. The summed E-state index contributed by atoms with van der Waals surface area (Å²) in [6, 6.07) is 17.1. The third kappa shape index (κ3) is 5.14. The van der Waals surface area contributed by atoms with Crippen molar-refractivity contribution >= 4 is 60.0 Å². The topological polar surface area (TPSA) is 63.7 Å². The number of esters is 1. The fourth-order valence-electron chi connectivity index (χ4n) is 3.02. The summed E-state index contributed by atoms with van der Waals surface area (Å²) in [7, 11) is -4.12. The number of sulfonamides is 1. The number of benzene rings is 3.